The Labute approximate surface area is 182 Å². The fourth-order valence-corrected chi connectivity index (χ4v) is 3.31. The van der Waals surface area contributed by atoms with Crippen LogP contribution < -0.4 is 15.4 Å². The van der Waals surface area contributed by atoms with E-state index < -0.39 is 52.6 Å². The Morgan fingerprint density at radius 1 is 1.16 bits per heavy atom. The lowest BCUT2D eigenvalue weighted by Gasteiger charge is -2.08. The summed E-state index contributed by atoms with van der Waals surface area (Å²) in [5.74, 6) is -4.06. The topological polar surface area (TPSA) is 148 Å². The summed E-state index contributed by atoms with van der Waals surface area (Å²) < 4.78 is 58.5. The van der Waals surface area contributed by atoms with E-state index in [1.807, 2.05) is 0 Å². The minimum atomic E-state index is -3.90. The van der Waals surface area contributed by atoms with Gasteiger partial charge in [-0.1, -0.05) is 0 Å². The van der Waals surface area contributed by atoms with Gasteiger partial charge in [0.25, 0.3) is 15.9 Å². The van der Waals surface area contributed by atoms with E-state index >= 15 is 0 Å². The predicted octanol–water partition coefficient (Wildman–Crippen LogP) is -0.0268. The molecule has 0 bridgehead atoms. The highest BCUT2D eigenvalue weighted by molar-refractivity contribution is 7.89. The molecule has 0 spiro atoms. The minimum absolute atomic E-state index is 0.00195. The van der Waals surface area contributed by atoms with Gasteiger partial charge in [-0.05, 0) is 19.1 Å². The van der Waals surface area contributed by atoms with Crippen molar-refractivity contribution in [2.75, 3.05) is 25.0 Å². The van der Waals surface area contributed by atoms with Crippen molar-refractivity contribution in [1.29, 1.82) is 0 Å². The highest BCUT2D eigenvalue weighted by Crippen LogP contribution is 2.12. The first-order valence-corrected chi connectivity index (χ1v) is 10.6. The molecule has 32 heavy (non-hydrogen) atoms. The molecule has 0 atom stereocenters. The van der Waals surface area contributed by atoms with E-state index in [1.165, 1.54) is 10.8 Å². The Balaban J connectivity index is 1.66. The first-order valence-electron chi connectivity index (χ1n) is 9.15. The number of hydrogen-bond donors (Lipinski definition) is 3. The second-order valence-corrected chi connectivity index (χ2v) is 8.21. The second kappa shape index (κ2) is 10.8. The average molecular weight is 473 g/mol. The molecule has 11 nitrogen and oxygen atoms in total. The number of imidazole rings is 1. The largest absolute Gasteiger partial charge is 0.456 e. The summed E-state index contributed by atoms with van der Waals surface area (Å²) >= 11 is 0. The van der Waals surface area contributed by atoms with Gasteiger partial charge in [0, 0.05) is 31.5 Å². The Morgan fingerprint density at radius 2 is 1.88 bits per heavy atom. The van der Waals surface area contributed by atoms with Crippen molar-refractivity contribution in [3.8, 4) is 0 Å². The van der Waals surface area contributed by atoms with Crippen LogP contribution in [-0.2, 0) is 36.2 Å². The number of sulfonamides is 1. The molecule has 1 heterocycles. The molecular formula is C18H21F2N5O6S. The van der Waals surface area contributed by atoms with Crippen LogP contribution in [0.2, 0.25) is 0 Å². The van der Waals surface area contributed by atoms with Crippen LogP contribution in [0.4, 0.5) is 14.5 Å². The molecule has 2 rings (SSSR count). The van der Waals surface area contributed by atoms with Crippen LogP contribution in [0.3, 0.4) is 0 Å². The van der Waals surface area contributed by atoms with Crippen LogP contribution in [0.1, 0.15) is 12.2 Å². The maximum Gasteiger partial charge on any atom is 0.307 e. The maximum atomic E-state index is 13.1. The summed E-state index contributed by atoms with van der Waals surface area (Å²) in [4.78, 5) is 38.9. The summed E-state index contributed by atoms with van der Waals surface area (Å²) in [7, 11) is -2.26. The molecule has 1 aromatic carbocycles. The average Bonchev–Trinajstić information content (AvgIpc) is 3.07. The van der Waals surface area contributed by atoms with Crippen molar-refractivity contribution < 1.29 is 36.3 Å². The van der Waals surface area contributed by atoms with Gasteiger partial charge in [-0.3, -0.25) is 14.4 Å². The molecule has 3 N–H and O–H groups in total. The van der Waals surface area contributed by atoms with Crippen molar-refractivity contribution in [2.24, 2.45) is 7.05 Å². The smallest absolute Gasteiger partial charge is 0.307 e. The lowest BCUT2D eigenvalue weighted by molar-refractivity contribution is -0.148. The number of benzene rings is 1. The lowest BCUT2D eigenvalue weighted by atomic mass is 10.3. The molecule has 0 saturated carbocycles. The molecule has 0 aliphatic carbocycles. The summed E-state index contributed by atoms with van der Waals surface area (Å²) in [5, 5.41) is 4.24. The van der Waals surface area contributed by atoms with Crippen LogP contribution in [0.5, 0.6) is 0 Å². The van der Waals surface area contributed by atoms with Crippen LogP contribution >= 0.6 is 0 Å². The van der Waals surface area contributed by atoms with Crippen LogP contribution in [0.15, 0.2) is 29.4 Å². The van der Waals surface area contributed by atoms with Gasteiger partial charge >= 0.3 is 5.97 Å². The number of nitrogens with one attached hydrogen (secondary N) is 3. The van der Waals surface area contributed by atoms with Crippen LogP contribution in [0.25, 0.3) is 0 Å². The number of carbonyl (C=O) groups is 3. The molecule has 0 saturated heterocycles. The molecule has 14 heteroatoms. The summed E-state index contributed by atoms with van der Waals surface area (Å²) in [5.41, 5.74) is -0.00195. The third-order valence-electron chi connectivity index (χ3n) is 4.00. The molecule has 0 aliphatic rings. The number of ether oxygens (including phenoxy) is 1. The molecular weight excluding hydrogens is 452 g/mol. The Hall–Kier alpha value is -3.39. The second-order valence-electron chi connectivity index (χ2n) is 6.50. The molecule has 1 aromatic heterocycles. The first-order chi connectivity index (χ1) is 15.0. The van der Waals surface area contributed by atoms with Crippen molar-refractivity contribution in [3.05, 3.63) is 41.9 Å². The molecule has 0 radical (unpaired) electrons. The Kier molecular flexibility index (Phi) is 8.37. The third-order valence-corrected chi connectivity index (χ3v) is 5.33. The predicted molar refractivity (Wildman–Crippen MR) is 107 cm³/mol. The van der Waals surface area contributed by atoms with E-state index in [9.17, 15) is 31.6 Å². The van der Waals surface area contributed by atoms with Crippen molar-refractivity contribution >= 4 is 33.5 Å². The van der Waals surface area contributed by atoms with E-state index in [2.05, 4.69) is 20.3 Å². The van der Waals surface area contributed by atoms with Gasteiger partial charge in [-0.2, -0.15) is 0 Å². The van der Waals surface area contributed by atoms with E-state index in [-0.39, 0.29) is 23.7 Å². The first kappa shape index (κ1) is 24.9. The van der Waals surface area contributed by atoms with Gasteiger partial charge in [0.1, 0.15) is 5.82 Å². The van der Waals surface area contributed by atoms with Crippen LogP contribution in [0, 0.1) is 18.6 Å². The third kappa shape index (κ3) is 7.39. The number of aryl methyl sites for hydroxylation is 2. The number of aromatic nitrogens is 2. The number of rotatable bonds is 10. The zero-order valence-electron chi connectivity index (χ0n) is 17.1. The Morgan fingerprint density at radius 3 is 2.50 bits per heavy atom. The van der Waals surface area contributed by atoms with E-state index in [4.69, 9.17) is 4.74 Å². The molecule has 0 aliphatic heterocycles. The summed E-state index contributed by atoms with van der Waals surface area (Å²) in [6.45, 7) is 0.171. The zero-order chi connectivity index (χ0) is 23.9. The van der Waals surface area contributed by atoms with Gasteiger partial charge in [0.05, 0.1) is 13.0 Å². The lowest BCUT2D eigenvalue weighted by Crippen LogP contribution is -2.36. The fourth-order valence-electron chi connectivity index (χ4n) is 2.24. The quantitative estimate of drug-likeness (QED) is 0.411. The molecule has 0 unspecified atom stereocenters. The van der Waals surface area contributed by atoms with Gasteiger partial charge in [0.2, 0.25) is 5.91 Å². The summed E-state index contributed by atoms with van der Waals surface area (Å²) in [6, 6.07) is 2.75. The fraction of sp³-hybridized carbons (Fsp3) is 0.333. The SMILES string of the molecule is Cc1nc(S(=O)(=O)NCCC(=O)OCC(=O)NCC(=O)Nc2ccc(F)c(F)c2)cn1C. The van der Waals surface area contributed by atoms with Crippen LogP contribution in [-0.4, -0.2) is 55.4 Å². The van der Waals surface area contributed by atoms with Crippen molar-refractivity contribution in [2.45, 2.75) is 18.4 Å². The molecule has 2 aromatic rings. The Bertz CT molecular complexity index is 1100. The number of anilines is 1. The van der Waals surface area contributed by atoms with Gasteiger partial charge < -0.3 is 19.9 Å². The van der Waals surface area contributed by atoms with E-state index in [0.29, 0.717) is 5.82 Å². The molecule has 174 valence electrons. The van der Waals surface area contributed by atoms with E-state index in [1.54, 1.807) is 14.0 Å². The normalized spacial score (nSPS) is 11.1. The number of carbonyl (C=O) groups excluding carboxylic acids is 3. The number of amides is 2. The van der Waals surface area contributed by atoms with Gasteiger partial charge in [-0.25, -0.2) is 26.9 Å². The maximum absolute atomic E-state index is 13.1. The van der Waals surface area contributed by atoms with Gasteiger partial charge in [-0.15, -0.1) is 0 Å². The molecule has 2 amide bonds. The summed E-state index contributed by atoms with van der Waals surface area (Å²) in [6.07, 6.45) is 0.984. The van der Waals surface area contributed by atoms with Gasteiger partial charge in [0.15, 0.2) is 23.3 Å². The number of halogens is 2. The number of nitrogens with zero attached hydrogens (tertiary/aromatic N) is 2. The minimum Gasteiger partial charge on any atom is -0.456 e. The van der Waals surface area contributed by atoms with Crippen molar-refractivity contribution in [3.63, 3.8) is 0 Å². The number of esters is 1. The zero-order valence-corrected chi connectivity index (χ0v) is 18.0. The molecule has 0 fully saturated rings. The highest BCUT2D eigenvalue weighted by atomic mass is 32.2. The monoisotopic (exact) mass is 473 g/mol. The van der Waals surface area contributed by atoms with Crippen molar-refractivity contribution in [1.82, 2.24) is 19.6 Å². The van der Waals surface area contributed by atoms with E-state index in [0.717, 1.165) is 18.2 Å². The highest BCUT2D eigenvalue weighted by Gasteiger charge is 2.19. The number of hydrogen-bond acceptors (Lipinski definition) is 7. The standard InChI is InChI=1S/C18H21F2N5O6S/c1-11-23-17(9-25(11)2)32(29,30)22-6-5-18(28)31-10-16(27)21-8-15(26)24-12-3-4-13(19)14(20)7-12/h3-4,7,9,22H,5-6,8,10H2,1-2H3,(H,21,27)(H,24,26).